The Morgan fingerprint density at radius 3 is 2.47 bits per heavy atom. The van der Waals surface area contributed by atoms with Crippen molar-refractivity contribution in [2.75, 3.05) is 5.32 Å². The van der Waals surface area contributed by atoms with Gasteiger partial charge in [-0.25, -0.2) is 4.39 Å². The van der Waals surface area contributed by atoms with E-state index in [4.69, 9.17) is 16.0 Å². The normalized spacial score (nSPS) is 11.2. The first-order valence-corrected chi connectivity index (χ1v) is 10.9. The number of furan rings is 1. The topological polar surface area (TPSA) is 59.3 Å². The van der Waals surface area contributed by atoms with Crippen molar-refractivity contribution >= 4 is 61.4 Å². The molecule has 0 aliphatic rings. The van der Waals surface area contributed by atoms with E-state index in [1.54, 1.807) is 31.2 Å². The highest BCUT2D eigenvalue weighted by Crippen LogP contribution is 2.37. The molecular weight excluding hydrogens is 449 g/mol. The van der Waals surface area contributed by atoms with Gasteiger partial charge < -0.3 is 9.73 Å². The van der Waals surface area contributed by atoms with Gasteiger partial charge in [0.2, 0.25) is 5.78 Å². The van der Waals surface area contributed by atoms with Gasteiger partial charge in [-0.05, 0) is 36.8 Å². The monoisotopic (exact) mass is 463 g/mol. The maximum absolute atomic E-state index is 14.1. The van der Waals surface area contributed by atoms with E-state index < -0.39 is 17.5 Å². The second kappa shape index (κ2) is 7.89. The summed E-state index contributed by atoms with van der Waals surface area (Å²) in [6, 6.07) is 18.7. The van der Waals surface area contributed by atoms with Crippen LogP contribution in [-0.2, 0) is 0 Å². The quantitative estimate of drug-likeness (QED) is 0.286. The van der Waals surface area contributed by atoms with Crippen molar-refractivity contribution in [1.29, 1.82) is 0 Å². The molecular formula is C25H15ClFNO3S. The Morgan fingerprint density at radius 2 is 1.72 bits per heavy atom. The number of thiophene rings is 1. The van der Waals surface area contributed by atoms with Gasteiger partial charge in [0.15, 0.2) is 5.76 Å². The lowest BCUT2D eigenvalue weighted by atomic mass is 10.0. The SMILES string of the molecule is Cc1ccc(C(=O)c2oc3ccccc3c2NC(=O)c2sc3ccccc3c2Cl)cc1F. The number of rotatable bonds is 4. The van der Waals surface area contributed by atoms with E-state index >= 15 is 0 Å². The molecule has 1 amide bonds. The van der Waals surface area contributed by atoms with Crippen molar-refractivity contribution in [2.24, 2.45) is 0 Å². The first-order chi connectivity index (χ1) is 15.4. The molecule has 0 bridgehead atoms. The van der Waals surface area contributed by atoms with Gasteiger partial charge in [0.05, 0.1) is 10.7 Å². The summed E-state index contributed by atoms with van der Waals surface area (Å²) in [4.78, 5) is 26.7. The average Bonchev–Trinajstić information content (AvgIpc) is 3.33. The van der Waals surface area contributed by atoms with E-state index in [2.05, 4.69) is 5.32 Å². The summed E-state index contributed by atoms with van der Waals surface area (Å²) < 4.78 is 20.7. The molecule has 2 aromatic heterocycles. The van der Waals surface area contributed by atoms with Gasteiger partial charge in [0.1, 0.15) is 16.3 Å². The summed E-state index contributed by atoms with van der Waals surface area (Å²) >= 11 is 7.72. The van der Waals surface area contributed by atoms with E-state index in [-0.39, 0.29) is 17.0 Å². The molecule has 0 unspecified atom stereocenters. The van der Waals surface area contributed by atoms with Crippen LogP contribution in [0.1, 0.15) is 31.4 Å². The molecule has 0 aliphatic heterocycles. The number of ketones is 1. The van der Waals surface area contributed by atoms with Crippen LogP contribution in [0.15, 0.2) is 71.1 Å². The van der Waals surface area contributed by atoms with Crippen LogP contribution >= 0.6 is 22.9 Å². The molecule has 2 heterocycles. The number of nitrogens with one attached hydrogen (secondary N) is 1. The molecule has 0 atom stereocenters. The molecule has 3 aromatic carbocycles. The van der Waals surface area contributed by atoms with Crippen LogP contribution in [0.25, 0.3) is 21.1 Å². The Bertz CT molecular complexity index is 1540. The number of amides is 1. The summed E-state index contributed by atoms with van der Waals surface area (Å²) in [5, 5.41) is 4.51. The standard InChI is InChI=1S/C25H15ClFNO3S/c1-13-10-11-14(12-17(13)27)22(29)23-21(15-6-2-4-8-18(15)31-23)28-25(30)24-20(26)16-7-3-5-9-19(16)32-24/h2-12H,1H3,(H,28,30). The van der Waals surface area contributed by atoms with E-state index in [0.29, 0.717) is 26.4 Å². The van der Waals surface area contributed by atoms with Crippen LogP contribution in [-0.4, -0.2) is 11.7 Å². The zero-order chi connectivity index (χ0) is 22.4. The molecule has 0 fully saturated rings. The molecule has 32 heavy (non-hydrogen) atoms. The van der Waals surface area contributed by atoms with Crippen LogP contribution in [0.4, 0.5) is 10.1 Å². The molecule has 158 valence electrons. The number of carbonyl (C=O) groups excluding carboxylic acids is 2. The Labute approximate surface area is 191 Å². The van der Waals surface area contributed by atoms with Crippen LogP contribution < -0.4 is 5.32 Å². The third-order valence-corrected chi connectivity index (χ3v) is 6.89. The lowest BCUT2D eigenvalue weighted by molar-refractivity contribution is 0.101. The van der Waals surface area contributed by atoms with Crippen molar-refractivity contribution in [1.82, 2.24) is 0 Å². The number of para-hydroxylation sites is 1. The first-order valence-electron chi connectivity index (χ1n) is 9.75. The number of halogens is 2. The molecule has 0 saturated heterocycles. The highest BCUT2D eigenvalue weighted by Gasteiger charge is 2.26. The van der Waals surface area contributed by atoms with Gasteiger partial charge in [-0.1, -0.05) is 54.1 Å². The van der Waals surface area contributed by atoms with Gasteiger partial charge in [-0.3, -0.25) is 9.59 Å². The summed E-state index contributed by atoms with van der Waals surface area (Å²) in [6.45, 7) is 1.62. The molecule has 7 heteroatoms. The predicted molar refractivity (Wildman–Crippen MR) is 126 cm³/mol. The zero-order valence-electron chi connectivity index (χ0n) is 16.7. The Hall–Kier alpha value is -3.48. The first kappa shape index (κ1) is 20.4. The van der Waals surface area contributed by atoms with E-state index in [9.17, 15) is 14.0 Å². The van der Waals surface area contributed by atoms with Crippen LogP contribution in [0, 0.1) is 12.7 Å². The number of benzene rings is 3. The summed E-state index contributed by atoms with van der Waals surface area (Å²) in [6.07, 6.45) is 0. The zero-order valence-corrected chi connectivity index (χ0v) is 18.3. The Balaban J connectivity index is 1.60. The predicted octanol–water partition coefficient (Wildman–Crippen LogP) is 7.23. The van der Waals surface area contributed by atoms with Crippen LogP contribution in [0.3, 0.4) is 0 Å². The van der Waals surface area contributed by atoms with Gasteiger partial charge >= 0.3 is 0 Å². The molecule has 4 nitrogen and oxygen atoms in total. The Morgan fingerprint density at radius 1 is 1.00 bits per heavy atom. The van der Waals surface area contributed by atoms with Crippen molar-refractivity contribution < 1.29 is 18.4 Å². The molecule has 0 aliphatic carbocycles. The molecule has 1 N–H and O–H groups in total. The van der Waals surface area contributed by atoms with E-state index in [0.717, 1.165) is 10.1 Å². The average molecular weight is 464 g/mol. The molecule has 0 radical (unpaired) electrons. The fourth-order valence-corrected chi connectivity index (χ4v) is 4.94. The number of anilines is 1. The minimum atomic E-state index is -0.530. The van der Waals surface area contributed by atoms with Crippen molar-refractivity contribution in [3.05, 3.63) is 99.3 Å². The second-order valence-corrected chi connectivity index (χ2v) is 8.72. The molecule has 0 spiro atoms. The maximum Gasteiger partial charge on any atom is 0.267 e. The van der Waals surface area contributed by atoms with Gasteiger partial charge in [-0.2, -0.15) is 0 Å². The largest absolute Gasteiger partial charge is 0.450 e. The number of aryl methyl sites for hydroxylation is 1. The minimum absolute atomic E-state index is 0.0694. The van der Waals surface area contributed by atoms with Crippen LogP contribution in [0.2, 0.25) is 5.02 Å². The van der Waals surface area contributed by atoms with Gasteiger partial charge in [0, 0.05) is 21.0 Å². The van der Waals surface area contributed by atoms with E-state index in [1.807, 2.05) is 24.3 Å². The van der Waals surface area contributed by atoms with Crippen molar-refractivity contribution in [3.8, 4) is 0 Å². The lowest BCUT2D eigenvalue weighted by Crippen LogP contribution is -2.13. The summed E-state index contributed by atoms with van der Waals surface area (Å²) in [7, 11) is 0. The third-order valence-electron chi connectivity index (χ3n) is 5.22. The van der Waals surface area contributed by atoms with Gasteiger partial charge in [0.25, 0.3) is 5.91 Å². The minimum Gasteiger partial charge on any atom is -0.450 e. The smallest absolute Gasteiger partial charge is 0.267 e. The number of hydrogen-bond donors (Lipinski definition) is 1. The molecule has 0 saturated carbocycles. The summed E-state index contributed by atoms with van der Waals surface area (Å²) in [5.74, 6) is -1.54. The number of hydrogen-bond acceptors (Lipinski definition) is 4. The molecule has 5 aromatic rings. The fourth-order valence-electron chi connectivity index (χ4n) is 3.53. The van der Waals surface area contributed by atoms with Gasteiger partial charge in [-0.15, -0.1) is 11.3 Å². The Kier molecular flexibility index (Phi) is 5.04. The molecule has 5 rings (SSSR count). The van der Waals surface area contributed by atoms with Crippen molar-refractivity contribution in [3.63, 3.8) is 0 Å². The second-order valence-electron chi connectivity index (χ2n) is 7.29. The maximum atomic E-state index is 14.1. The number of carbonyl (C=O) groups is 2. The highest BCUT2D eigenvalue weighted by atomic mass is 35.5. The lowest BCUT2D eigenvalue weighted by Gasteiger charge is -2.06. The van der Waals surface area contributed by atoms with E-state index in [1.165, 1.54) is 29.5 Å². The van der Waals surface area contributed by atoms with Crippen LogP contribution in [0.5, 0.6) is 0 Å². The third kappa shape index (κ3) is 3.38. The number of fused-ring (bicyclic) bond motifs is 2. The summed E-state index contributed by atoms with van der Waals surface area (Å²) in [5.41, 5.74) is 1.22. The highest BCUT2D eigenvalue weighted by molar-refractivity contribution is 7.21. The van der Waals surface area contributed by atoms with Crippen molar-refractivity contribution in [2.45, 2.75) is 6.92 Å². The fraction of sp³-hybridized carbons (Fsp3) is 0.0400.